The molecule has 3 aromatic rings. The van der Waals surface area contributed by atoms with Crippen LogP contribution in [0.2, 0.25) is 0 Å². The maximum absolute atomic E-state index is 13.5. The Labute approximate surface area is 177 Å². The SMILES string of the molecule is CN(C)CCCN(C(=O)C=Cc1cccc([N+](=O)[O-])c1)c1nc2ccc(F)cc2s1. The summed E-state index contributed by atoms with van der Waals surface area (Å²) in [5.41, 5.74) is 1.14. The topological polar surface area (TPSA) is 79.6 Å². The number of nitro benzene ring substituents is 1. The van der Waals surface area contributed by atoms with Gasteiger partial charge in [0.2, 0.25) is 0 Å². The molecule has 2 aromatic carbocycles. The molecule has 156 valence electrons. The van der Waals surface area contributed by atoms with E-state index in [1.807, 2.05) is 19.0 Å². The minimum atomic E-state index is -0.479. The molecule has 0 N–H and O–H groups in total. The first-order valence-corrected chi connectivity index (χ1v) is 10.1. The predicted octanol–water partition coefficient (Wildman–Crippen LogP) is 4.34. The number of amides is 1. The van der Waals surface area contributed by atoms with Crippen molar-refractivity contribution in [1.29, 1.82) is 0 Å². The molecule has 0 aliphatic rings. The van der Waals surface area contributed by atoms with Gasteiger partial charge in [0.25, 0.3) is 11.6 Å². The Balaban J connectivity index is 1.85. The fourth-order valence-corrected chi connectivity index (χ4v) is 3.87. The van der Waals surface area contributed by atoms with Gasteiger partial charge < -0.3 is 4.90 Å². The average Bonchev–Trinajstić information content (AvgIpc) is 3.12. The van der Waals surface area contributed by atoms with E-state index in [1.165, 1.54) is 41.7 Å². The molecule has 1 aromatic heterocycles. The number of thiazole rings is 1. The first-order chi connectivity index (χ1) is 14.3. The molecule has 1 heterocycles. The van der Waals surface area contributed by atoms with E-state index >= 15 is 0 Å². The fraction of sp³-hybridized carbons (Fsp3) is 0.238. The van der Waals surface area contributed by atoms with Gasteiger partial charge in [0.05, 0.1) is 15.1 Å². The van der Waals surface area contributed by atoms with Crippen LogP contribution in [0.5, 0.6) is 0 Å². The standard InChI is InChI=1S/C21H21FN4O3S/c1-24(2)11-4-12-25(21-23-18-9-8-16(22)14-19(18)30-21)20(27)10-7-15-5-3-6-17(13-15)26(28)29/h3,5-10,13-14H,4,11-12H2,1-2H3. The number of nitrogens with zero attached hydrogens (tertiary/aromatic N) is 4. The highest BCUT2D eigenvalue weighted by Gasteiger charge is 2.18. The molecule has 0 aliphatic heterocycles. The first-order valence-electron chi connectivity index (χ1n) is 9.28. The van der Waals surface area contributed by atoms with Crippen LogP contribution in [-0.2, 0) is 4.79 Å². The molecule has 30 heavy (non-hydrogen) atoms. The van der Waals surface area contributed by atoms with Crippen molar-refractivity contribution in [3.63, 3.8) is 0 Å². The number of aromatic nitrogens is 1. The van der Waals surface area contributed by atoms with Gasteiger partial charge in [-0.05, 0) is 56.9 Å². The summed E-state index contributed by atoms with van der Waals surface area (Å²) < 4.78 is 14.2. The quantitative estimate of drug-likeness (QED) is 0.303. The molecular weight excluding hydrogens is 407 g/mol. The number of non-ortho nitro benzene ring substituents is 1. The van der Waals surface area contributed by atoms with Crippen LogP contribution in [0, 0.1) is 15.9 Å². The van der Waals surface area contributed by atoms with Gasteiger partial charge in [0.1, 0.15) is 5.82 Å². The monoisotopic (exact) mass is 428 g/mol. The van der Waals surface area contributed by atoms with Gasteiger partial charge in [-0.1, -0.05) is 23.5 Å². The second-order valence-electron chi connectivity index (χ2n) is 6.94. The molecule has 3 rings (SSSR count). The number of rotatable bonds is 8. The minimum absolute atomic E-state index is 0.0411. The summed E-state index contributed by atoms with van der Waals surface area (Å²) in [4.78, 5) is 31.5. The number of benzene rings is 2. The van der Waals surface area contributed by atoms with E-state index in [2.05, 4.69) is 4.98 Å². The highest BCUT2D eigenvalue weighted by molar-refractivity contribution is 7.22. The Morgan fingerprint density at radius 1 is 1.23 bits per heavy atom. The number of anilines is 1. The number of carbonyl (C=O) groups is 1. The van der Waals surface area contributed by atoms with Crippen molar-refractivity contribution in [2.24, 2.45) is 0 Å². The number of nitro groups is 1. The summed E-state index contributed by atoms with van der Waals surface area (Å²) in [6, 6.07) is 10.4. The lowest BCUT2D eigenvalue weighted by molar-refractivity contribution is -0.384. The van der Waals surface area contributed by atoms with Gasteiger partial charge in [0, 0.05) is 24.8 Å². The second kappa shape index (κ2) is 9.55. The maximum Gasteiger partial charge on any atom is 0.270 e. The molecule has 0 saturated heterocycles. The summed E-state index contributed by atoms with van der Waals surface area (Å²) in [6.07, 6.45) is 3.65. The third-order valence-corrected chi connectivity index (χ3v) is 5.36. The lowest BCUT2D eigenvalue weighted by atomic mass is 10.2. The normalized spacial score (nSPS) is 11.5. The molecule has 9 heteroatoms. The highest BCUT2D eigenvalue weighted by atomic mass is 32.1. The van der Waals surface area contributed by atoms with Gasteiger partial charge in [-0.2, -0.15) is 0 Å². The van der Waals surface area contributed by atoms with Gasteiger partial charge in [0.15, 0.2) is 5.13 Å². The van der Waals surface area contributed by atoms with Crippen LogP contribution in [0.25, 0.3) is 16.3 Å². The molecule has 0 bridgehead atoms. The molecule has 0 radical (unpaired) electrons. The molecule has 0 spiro atoms. The van der Waals surface area contributed by atoms with Crippen molar-refractivity contribution in [2.45, 2.75) is 6.42 Å². The molecule has 0 unspecified atom stereocenters. The summed E-state index contributed by atoms with van der Waals surface area (Å²) >= 11 is 1.25. The zero-order chi connectivity index (χ0) is 21.7. The lowest BCUT2D eigenvalue weighted by Gasteiger charge is -2.19. The smallest absolute Gasteiger partial charge is 0.270 e. The van der Waals surface area contributed by atoms with Crippen molar-refractivity contribution < 1.29 is 14.1 Å². The Morgan fingerprint density at radius 3 is 2.77 bits per heavy atom. The summed E-state index contributed by atoms with van der Waals surface area (Å²) in [6.45, 7) is 1.23. The number of hydrogen-bond donors (Lipinski definition) is 0. The summed E-state index contributed by atoms with van der Waals surface area (Å²) in [5, 5.41) is 11.4. The molecule has 1 amide bonds. The molecule has 0 fully saturated rings. The van der Waals surface area contributed by atoms with E-state index in [0.29, 0.717) is 27.5 Å². The Kier molecular flexibility index (Phi) is 6.86. The van der Waals surface area contributed by atoms with Crippen LogP contribution in [-0.4, -0.2) is 47.9 Å². The summed E-state index contributed by atoms with van der Waals surface area (Å²) in [7, 11) is 3.91. The first kappa shape index (κ1) is 21.5. The largest absolute Gasteiger partial charge is 0.309 e. The molecule has 0 saturated carbocycles. The van der Waals surface area contributed by atoms with Gasteiger partial charge >= 0.3 is 0 Å². The van der Waals surface area contributed by atoms with E-state index in [9.17, 15) is 19.3 Å². The number of fused-ring (bicyclic) bond motifs is 1. The van der Waals surface area contributed by atoms with Crippen molar-refractivity contribution >= 4 is 44.4 Å². The van der Waals surface area contributed by atoms with E-state index in [4.69, 9.17) is 0 Å². The van der Waals surface area contributed by atoms with E-state index in [-0.39, 0.29) is 17.4 Å². The molecule has 0 atom stereocenters. The van der Waals surface area contributed by atoms with Crippen LogP contribution in [0.4, 0.5) is 15.2 Å². The van der Waals surface area contributed by atoms with E-state index in [0.717, 1.165) is 13.0 Å². The minimum Gasteiger partial charge on any atom is -0.309 e. The molecule has 0 aliphatic carbocycles. The van der Waals surface area contributed by atoms with Crippen LogP contribution in [0.1, 0.15) is 12.0 Å². The van der Waals surface area contributed by atoms with Crippen molar-refractivity contribution in [3.05, 3.63) is 70.0 Å². The van der Waals surface area contributed by atoms with E-state index in [1.54, 1.807) is 29.2 Å². The number of hydrogen-bond acceptors (Lipinski definition) is 6. The van der Waals surface area contributed by atoms with Crippen molar-refractivity contribution in [2.75, 3.05) is 32.1 Å². The second-order valence-corrected chi connectivity index (χ2v) is 7.95. The third-order valence-electron chi connectivity index (χ3n) is 4.32. The Hall–Kier alpha value is -3.17. The van der Waals surface area contributed by atoms with Crippen LogP contribution >= 0.6 is 11.3 Å². The zero-order valence-corrected chi connectivity index (χ0v) is 17.4. The highest BCUT2D eigenvalue weighted by Crippen LogP contribution is 2.30. The van der Waals surface area contributed by atoms with Crippen molar-refractivity contribution in [3.8, 4) is 0 Å². The third kappa shape index (κ3) is 5.46. The lowest BCUT2D eigenvalue weighted by Crippen LogP contribution is -2.32. The van der Waals surface area contributed by atoms with Gasteiger partial charge in [-0.3, -0.25) is 19.8 Å². The van der Waals surface area contributed by atoms with Gasteiger partial charge in [-0.25, -0.2) is 9.37 Å². The number of halogens is 1. The fourth-order valence-electron chi connectivity index (χ4n) is 2.85. The van der Waals surface area contributed by atoms with Crippen LogP contribution < -0.4 is 4.90 Å². The molecule has 7 nitrogen and oxygen atoms in total. The Bertz CT molecular complexity index is 1100. The van der Waals surface area contributed by atoms with Crippen LogP contribution in [0.3, 0.4) is 0 Å². The number of carbonyl (C=O) groups excluding carboxylic acids is 1. The zero-order valence-electron chi connectivity index (χ0n) is 16.6. The average molecular weight is 428 g/mol. The Morgan fingerprint density at radius 2 is 2.03 bits per heavy atom. The maximum atomic E-state index is 13.5. The van der Waals surface area contributed by atoms with E-state index < -0.39 is 4.92 Å². The predicted molar refractivity (Wildman–Crippen MR) is 117 cm³/mol. The molecular formula is C21H21FN4O3S. The summed E-state index contributed by atoms with van der Waals surface area (Å²) in [5.74, 6) is -0.645. The van der Waals surface area contributed by atoms with Gasteiger partial charge in [-0.15, -0.1) is 0 Å². The van der Waals surface area contributed by atoms with Crippen molar-refractivity contribution in [1.82, 2.24) is 9.88 Å². The van der Waals surface area contributed by atoms with Crippen LogP contribution in [0.15, 0.2) is 48.5 Å².